The first kappa shape index (κ1) is 14.4. The second-order valence-electron chi connectivity index (χ2n) is 7.41. The highest BCUT2D eigenvalue weighted by molar-refractivity contribution is 5.79. The summed E-state index contributed by atoms with van der Waals surface area (Å²) in [6, 6.07) is 0.811. The molecule has 3 heteroatoms. The van der Waals surface area contributed by atoms with Crippen LogP contribution >= 0.6 is 0 Å². The van der Waals surface area contributed by atoms with Crippen LogP contribution in [0.2, 0.25) is 0 Å². The van der Waals surface area contributed by atoms with Gasteiger partial charge in [0.2, 0.25) is 5.91 Å². The quantitative estimate of drug-likeness (QED) is 0.834. The Bertz CT molecular complexity index is 343. The Balaban J connectivity index is 1.58. The van der Waals surface area contributed by atoms with Crippen LogP contribution < -0.4 is 11.1 Å². The lowest BCUT2D eigenvalue weighted by Gasteiger charge is -2.43. The molecule has 0 aromatic heterocycles. The van der Waals surface area contributed by atoms with Gasteiger partial charge in [0, 0.05) is 18.0 Å². The van der Waals surface area contributed by atoms with E-state index in [0.717, 1.165) is 12.8 Å². The summed E-state index contributed by atoms with van der Waals surface area (Å²) >= 11 is 0. The first-order chi connectivity index (χ1) is 9.69. The van der Waals surface area contributed by atoms with Crippen LogP contribution in [0, 0.1) is 23.7 Å². The van der Waals surface area contributed by atoms with E-state index in [1.54, 1.807) is 0 Å². The molecule has 3 aliphatic rings. The number of hydrogen-bond acceptors (Lipinski definition) is 2. The van der Waals surface area contributed by atoms with Crippen molar-refractivity contribution in [3.05, 3.63) is 0 Å². The van der Waals surface area contributed by atoms with E-state index in [-0.39, 0.29) is 5.92 Å². The van der Waals surface area contributed by atoms with Crippen LogP contribution in [0.1, 0.15) is 64.7 Å². The molecule has 0 radical (unpaired) electrons. The third-order valence-electron chi connectivity index (χ3n) is 6.29. The molecular weight excluding hydrogens is 248 g/mol. The van der Waals surface area contributed by atoms with E-state index in [9.17, 15) is 4.79 Å². The fraction of sp³-hybridized carbons (Fsp3) is 0.941. The SMILES string of the molecule is CCC1CCCC1NC(=O)C1CC2CCCC(C1)C2N. The minimum atomic E-state index is 0.239. The second kappa shape index (κ2) is 6.05. The van der Waals surface area contributed by atoms with Gasteiger partial charge in [-0.25, -0.2) is 0 Å². The molecule has 3 nitrogen and oxygen atoms in total. The summed E-state index contributed by atoms with van der Waals surface area (Å²) in [5.41, 5.74) is 6.32. The van der Waals surface area contributed by atoms with E-state index in [1.165, 1.54) is 44.9 Å². The van der Waals surface area contributed by atoms with E-state index >= 15 is 0 Å². The minimum absolute atomic E-state index is 0.239. The van der Waals surface area contributed by atoms with Crippen LogP contribution in [0.15, 0.2) is 0 Å². The van der Waals surface area contributed by atoms with Crippen molar-refractivity contribution in [3.63, 3.8) is 0 Å². The van der Waals surface area contributed by atoms with Crippen molar-refractivity contribution in [2.24, 2.45) is 29.4 Å². The first-order valence-electron chi connectivity index (χ1n) is 8.75. The normalized spacial score (nSPS) is 44.3. The summed E-state index contributed by atoms with van der Waals surface area (Å²) in [4.78, 5) is 12.6. The Hall–Kier alpha value is -0.570. The van der Waals surface area contributed by atoms with Gasteiger partial charge in [0.25, 0.3) is 0 Å². The molecule has 114 valence electrons. The highest BCUT2D eigenvalue weighted by Crippen LogP contribution is 2.42. The van der Waals surface area contributed by atoms with Crippen molar-refractivity contribution >= 4 is 5.91 Å². The Kier molecular flexibility index (Phi) is 4.34. The molecular formula is C17H30N2O. The molecule has 4 atom stereocenters. The Morgan fingerprint density at radius 2 is 1.75 bits per heavy atom. The molecule has 1 amide bonds. The first-order valence-corrected chi connectivity index (χ1v) is 8.75. The van der Waals surface area contributed by atoms with Crippen molar-refractivity contribution < 1.29 is 4.79 Å². The summed E-state index contributed by atoms with van der Waals surface area (Å²) in [6.45, 7) is 2.25. The lowest BCUT2D eigenvalue weighted by molar-refractivity contribution is -0.128. The molecule has 20 heavy (non-hydrogen) atoms. The number of carbonyl (C=O) groups excluding carboxylic acids is 1. The summed E-state index contributed by atoms with van der Waals surface area (Å²) < 4.78 is 0. The monoisotopic (exact) mass is 278 g/mol. The van der Waals surface area contributed by atoms with E-state index in [4.69, 9.17) is 5.73 Å². The Morgan fingerprint density at radius 1 is 1.10 bits per heavy atom. The predicted molar refractivity (Wildman–Crippen MR) is 81.1 cm³/mol. The molecule has 3 aliphatic carbocycles. The van der Waals surface area contributed by atoms with Crippen LogP contribution in [0.3, 0.4) is 0 Å². The predicted octanol–water partition coefficient (Wildman–Crippen LogP) is 2.83. The van der Waals surface area contributed by atoms with Gasteiger partial charge in [0.1, 0.15) is 0 Å². The lowest BCUT2D eigenvalue weighted by Crippen LogP contribution is -2.50. The molecule has 0 heterocycles. The van der Waals surface area contributed by atoms with E-state index in [0.29, 0.717) is 35.7 Å². The van der Waals surface area contributed by atoms with Crippen molar-refractivity contribution in [2.45, 2.75) is 76.8 Å². The molecule has 0 aromatic rings. The smallest absolute Gasteiger partial charge is 0.223 e. The molecule has 0 saturated heterocycles. The maximum Gasteiger partial charge on any atom is 0.223 e. The van der Waals surface area contributed by atoms with Crippen molar-refractivity contribution in [3.8, 4) is 0 Å². The van der Waals surface area contributed by atoms with Crippen LogP contribution in [0.5, 0.6) is 0 Å². The van der Waals surface area contributed by atoms with Gasteiger partial charge < -0.3 is 11.1 Å². The number of nitrogens with one attached hydrogen (secondary N) is 1. The molecule has 0 aliphatic heterocycles. The van der Waals surface area contributed by atoms with Crippen molar-refractivity contribution in [2.75, 3.05) is 0 Å². The molecule has 0 spiro atoms. The second-order valence-corrected chi connectivity index (χ2v) is 7.41. The number of amides is 1. The standard InChI is InChI=1S/C17H30N2O/c1-2-11-5-4-8-15(11)19-17(20)14-9-12-6-3-7-13(10-14)16(12)18/h11-16H,2-10,18H2,1H3,(H,19,20). The lowest BCUT2D eigenvalue weighted by atomic mass is 9.65. The van der Waals surface area contributed by atoms with Crippen LogP contribution in [-0.2, 0) is 4.79 Å². The largest absolute Gasteiger partial charge is 0.353 e. The Morgan fingerprint density at radius 3 is 2.40 bits per heavy atom. The zero-order chi connectivity index (χ0) is 14.1. The Labute approximate surface area is 123 Å². The van der Waals surface area contributed by atoms with Crippen LogP contribution in [0.25, 0.3) is 0 Å². The fourth-order valence-electron chi connectivity index (χ4n) is 5.02. The molecule has 2 bridgehead atoms. The number of fused-ring (bicyclic) bond motifs is 2. The van der Waals surface area contributed by atoms with Gasteiger partial charge in [0.15, 0.2) is 0 Å². The summed E-state index contributed by atoms with van der Waals surface area (Å²) in [7, 11) is 0. The number of nitrogens with two attached hydrogens (primary N) is 1. The topological polar surface area (TPSA) is 55.1 Å². The summed E-state index contributed by atoms with van der Waals surface area (Å²) in [5.74, 6) is 2.49. The van der Waals surface area contributed by atoms with Crippen LogP contribution in [0.4, 0.5) is 0 Å². The maximum absolute atomic E-state index is 12.6. The van der Waals surface area contributed by atoms with Gasteiger partial charge in [-0.2, -0.15) is 0 Å². The third-order valence-corrected chi connectivity index (χ3v) is 6.29. The highest BCUT2D eigenvalue weighted by Gasteiger charge is 2.41. The number of hydrogen-bond donors (Lipinski definition) is 2. The highest BCUT2D eigenvalue weighted by atomic mass is 16.1. The number of carbonyl (C=O) groups is 1. The third kappa shape index (κ3) is 2.74. The number of rotatable bonds is 3. The molecule has 3 N–H and O–H groups in total. The van der Waals surface area contributed by atoms with E-state index in [1.807, 2.05) is 0 Å². The maximum atomic E-state index is 12.6. The van der Waals surface area contributed by atoms with E-state index in [2.05, 4.69) is 12.2 Å². The average molecular weight is 278 g/mol. The van der Waals surface area contributed by atoms with Gasteiger partial charge in [-0.1, -0.05) is 26.2 Å². The molecule has 0 aromatic carbocycles. The van der Waals surface area contributed by atoms with Gasteiger partial charge >= 0.3 is 0 Å². The minimum Gasteiger partial charge on any atom is -0.353 e. The van der Waals surface area contributed by atoms with Gasteiger partial charge in [-0.05, 0) is 56.3 Å². The zero-order valence-electron chi connectivity index (χ0n) is 12.8. The van der Waals surface area contributed by atoms with Crippen molar-refractivity contribution in [1.29, 1.82) is 0 Å². The summed E-state index contributed by atoms with van der Waals surface area (Å²) in [6.07, 6.45) is 10.8. The van der Waals surface area contributed by atoms with Crippen molar-refractivity contribution in [1.82, 2.24) is 5.32 Å². The molecule has 4 unspecified atom stereocenters. The van der Waals surface area contributed by atoms with Gasteiger partial charge in [-0.15, -0.1) is 0 Å². The molecule has 3 saturated carbocycles. The molecule has 3 rings (SSSR count). The van der Waals surface area contributed by atoms with E-state index < -0.39 is 0 Å². The summed E-state index contributed by atoms with van der Waals surface area (Å²) in [5, 5.41) is 3.37. The van der Waals surface area contributed by atoms with Crippen LogP contribution in [-0.4, -0.2) is 18.0 Å². The van der Waals surface area contributed by atoms with Gasteiger partial charge in [-0.3, -0.25) is 4.79 Å². The van der Waals surface area contributed by atoms with Gasteiger partial charge in [0.05, 0.1) is 0 Å². The zero-order valence-corrected chi connectivity index (χ0v) is 12.8. The fourth-order valence-corrected chi connectivity index (χ4v) is 5.02. The average Bonchev–Trinajstić information content (AvgIpc) is 2.85. The molecule has 3 fully saturated rings.